The van der Waals surface area contributed by atoms with Crippen LogP contribution in [0.1, 0.15) is 41.0 Å². The second-order valence-corrected chi connectivity index (χ2v) is 9.63. The predicted octanol–water partition coefficient (Wildman–Crippen LogP) is 6.01. The standard InChI is InChI=1S/C33H39N3O5/c1-5-11-24-15-17-29(30(22-24)39-3)41-21-20-36-27-13-9-8-12-26(27)35-32(36)14-7-6-10-19-34-33(37)25-16-18-28(38-2)31(23-25)40-4/h5,8-9,12-13,15-18,22-23H,1,6-7,10-11,14,19-21H2,2-4H3,(H,34,37). The summed E-state index contributed by atoms with van der Waals surface area (Å²) < 4.78 is 24.5. The molecule has 1 heterocycles. The topological polar surface area (TPSA) is 83.8 Å². The SMILES string of the molecule is C=CCc1ccc(OCCn2c(CCCCCNC(=O)c3ccc(OC)c(OC)c3)nc3ccccc32)c(OC)c1. The molecule has 1 N–H and O–H groups in total. The maximum atomic E-state index is 12.6. The van der Waals surface area contributed by atoms with Crippen molar-refractivity contribution in [2.45, 2.75) is 38.6 Å². The van der Waals surface area contributed by atoms with E-state index in [4.69, 9.17) is 23.9 Å². The number of aryl methyl sites for hydroxylation is 1. The highest BCUT2D eigenvalue weighted by atomic mass is 16.5. The molecular formula is C33H39N3O5. The lowest BCUT2D eigenvalue weighted by Gasteiger charge is -2.14. The molecule has 0 fully saturated rings. The van der Waals surface area contributed by atoms with Gasteiger partial charge in [-0.2, -0.15) is 0 Å². The molecule has 1 amide bonds. The van der Waals surface area contributed by atoms with Crippen LogP contribution in [0.25, 0.3) is 11.0 Å². The van der Waals surface area contributed by atoms with Crippen LogP contribution in [0.5, 0.6) is 23.0 Å². The van der Waals surface area contributed by atoms with Crippen LogP contribution in [0.2, 0.25) is 0 Å². The van der Waals surface area contributed by atoms with Crippen molar-refractivity contribution < 1.29 is 23.7 Å². The number of amides is 1. The zero-order valence-corrected chi connectivity index (χ0v) is 24.2. The molecule has 0 aliphatic carbocycles. The number of allylic oxidation sites excluding steroid dienone is 1. The molecule has 0 saturated carbocycles. The van der Waals surface area contributed by atoms with Crippen LogP contribution in [0.4, 0.5) is 0 Å². The average molecular weight is 558 g/mol. The van der Waals surface area contributed by atoms with E-state index in [0.29, 0.717) is 36.8 Å². The Morgan fingerprint density at radius 3 is 2.44 bits per heavy atom. The van der Waals surface area contributed by atoms with E-state index < -0.39 is 0 Å². The number of nitrogens with zero attached hydrogens (tertiary/aromatic N) is 2. The van der Waals surface area contributed by atoms with Gasteiger partial charge in [-0.3, -0.25) is 4.79 Å². The number of benzene rings is 3. The van der Waals surface area contributed by atoms with Crippen LogP contribution in [-0.2, 0) is 19.4 Å². The summed E-state index contributed by atoms with van der Waals surface area (Å²) in [6.45, 7) is 5.57. The van der Waals surface area contributed by atoms with Crippen LogP contribution in [0.15, 0.2) is 73.3 Å². The van der Waals surface area contributed by atoms with Gasteiger partial charge in [0.25, 0.3) is 5.91 Å². The second-order valence-electron chi connectivity index (χ2n) is 9.63. The summed E-state index contributed by atoms with van der Waals surface area (Å²) in [5.74, 6) is 3.49. The van der Waals surface area contributed by atoms with Crippen molar-refractivity contribution >= 4 is 16.9 Å². The van der Waals surface area contributed by atoms with E-state index in [9.17, 15) is 4.79 Å². The summed E-state index contributed by atoms with van der Waals surface area (Å²) in [7, 11) is 4.78. The Morgan fingerprint density at radius 1 is 0.902 bits per heavy atom. The number of carbonyl (C=O) groups is 1. The summed E-state index contributed by atoms with van der Waals surface area (Å²) in [6, 6.07) is 19.3. The zero-order valence-electron chi connectivity index (χ0n) is 24.2. The van der Waals surface area contributed by atoms with Gasteiger partial charge in [0, 0.05) is 18.5 Å². The molecule has 0 aliphatic rings. The molecule has 0 bridgehead atoms. The van der Waals surface area contributed by atoms with Gasteiger partial charge in [-0.15, -0.1) is 6.58 Å². The maximum absolute atomic E-state index is 12.6. The number of unbranched alkanes of at least 4 members (excludes halogenated alkanes) is 2. The Labute approximate surface area is 241 Å². The first-order chi connectivity index (χ1) is 20.1. The molecule has 0 radical (unpaired) electrons. The maximum Gasteiger partial charge on any atom is 0.251 e. The number of nitrogens with one attached hydrogen (secondary N) is 1. The summed E-state index contributed by atoms with van der Waals surface area (Å²) in [4.78, 5) is 17.5. The number of carbonyl (C=O) groups excluding carboxylic acids is 1. The Morgan fingerprint density at radius 2 is 1.66 bits per heavy atom. The van der Waals surface area contributed by atoms with Crippen LogP contribution in [-0.4, -0.2) is 49.9 Å². The first kappa shape index (κ1) is 29.5. The predicted molar refractivity (Wildman–Crippen MR) is 162 cm³/mol. The van der Waals surface area contributed by atoms with Crippen molar-refractivity contribution in [3.63, 3.8) is 0 Å². The number of hydrogen-bond donors (Lipinski definition) is 1. The summed E-state index contributed by atoms with van der Waals surface area (Å²) >= 11 is 0. The van der Waals surface area contributed by atoms with Gasteiger partial charge in [0.05, 0.1) is 38.9 Å². The van der Waals surface area contributed by atoms with Crippen molar-refractivity contribution in [1.82, 2.24) is 14.9 Å². The van der Waals surface area contributed by atoms with Crippen molar-refractivity contribution in [3.8, 4) is 23.0 Å². The first-order valence-electron chi connectivity index (χ1n) is 13.9. The lowest BCUT2D eigenvalue weighted by molar-refractivity contribution is 0.0952. The van der Waals surface area contributed by atoms with Crippen LogP contribution in [0.3, 0.4) is 0 Å². The van der Waals surface area contributed by atoms with Gasteiger partial charge < -0.3 is 28.8 Å². The van der Waals surface area contributed by atoms with Gasteiger partial charge in [-0.1, -0.05) is 30.7 Å². The molecule has 4 rings (SSSR count). The first-order valence-corrected chi connectivity index (χ1v) is 13.9. The van der Waals surface area contributed by atoms with E-state index in [-0.39, 0.29) is 5.91 Å². The number of hydrogen-bond acceptors (Lipinski definition) is 6. The van der Waals surface area contributed by atoms with E-state index >= 15 is 0 Å². The number of para-hydroxylation sites is 2. The summed E-state index contributed by atoms with van der Waals surface area (Å²) in [5, 5.41) is 2.99. The Balaban J connectivity index is 1.29. The highest BCUT2D eigenvalue weighted by molar-refractivity contribution is 5.94. The number of aromatic nitrogens is 2. The number of rotatable bonds is 16. The van der Waals surface area contributed by atoms with Crippen molar-refractivity contribution in [1.29, 1.82) is 0 Å². The van der Waals surface area contributed by atoms with Crippen LogP contribution >= 0.6 is 0 Å². The smallest absolute Gasteiger partial charge is 0.251 e. The number of imidazole rings is 1. The lowest BCUT2D eigenvalue weighted by Crippen LogP contribution is -2.24. The van der Waals surface area contributed by atoms with Crippen molar-refractivity contribution in [2.24, 2.45) is 0 Å². The molecule has 0 spiro atoms. The monoisotopic (exact) mass is 557 g/mol. The van der Waals surface area contributed by atoms with Gasteiger partial charge >= 0.3 is 0 Å². The van der Waals surface area contributed by atoms with Gasteiger partial charge in [0.1, 0.15) is 12.4 Å². The highest BCUT2D eigenvalue weighted by Crippen LogP contribution is 2.29. The number of methoxy groups -OCH3 is 3. The zero-order chi connectivity index (χ0) is 29.0. The molecule has 41 heavy (non-hydrogen) atoms. The highest BCUT2D eigenvalue weighted by Gasteiger charge is 2.13. The van der Waals surface area contributed by atoms with E-state index in [1.807, 2.05) is 42.5 Å². The van der Waals surface area contributed by atoms with E-state index in [1.54, 1.807) is 39.5 Å². The quantitative estimate of drug-likeness (QED) is 0.134. The number of fused-ring (bicyclic) bond motifs is 1. The lowest BCUT2D eigenvalue weighted by atomic mass is 10.1. The molecule has 0 aliphatic heterocycles. The Hall–Kier alpha value is -4.46. The fourth-order valence-corrected chi connectivity index (χ4v) is 4.80. The van der Waals surface area contributed by atoms with Gasteiger partial charge in [-0.05, 0) is 67.3 Å². The minimum absolute atomic E-state index is 0.125. The molecule has 8 heteroatoms. The van der Waals surface area contributed by atoms with Crippen molar-refractivity contribution in [2.75, 3.05) is 34.5 Å². The largest absolute Gasteiger partial charge is 0.493 e. The molecule has 0 atom stereocenters. The Bertz CT molecular complexity index is 1460. The average Bonchev–Trinajstić information content (AvgIpc) is 3.36. The fourth-order valence-electron chi connectivity index (χ4n) is 4.80. The molecule has 4 aromatic rings. The van der Waals surface area contributed by atoms with Crippen LogP contribution in [0, 0.1) is 0 Å². The molecule has 3 aromatic carbocycles. The molecule has 0 unspecified atom stereocenters. The normalized spacial score (nSPS) is 10.8. The van der Waals surface area contributed by atoms with Crippen molar-refractivity contribution in [3.05, 3.63) is 90.3 Å². The Kier molecular flexibility index (Phi) is 10.7. The summed E-state index contributed by atoms with van der Waals surface area (Å²) in [6.07, 6.45) is 6.32. The molecule has 8 nitrogen and oxygen atoms in total. The van der Waals surface area contributed by atoms with Gasteiger partial charge in [0.15, 0.2) is 23.0 Å². The molecule has 216 valence electrons. The van der Waals surface area contributed by atoms with Gasteiger partial charge in [0.2, 0.25) is 0 Å². The van der Waals surface area contributed by atoms with E-state index in [0.717, 1.165) is 66.0 Å². The van der Waals surface area contributed by atoms with Crippen LogP contribution < -0.4 is 24.3 Å². The second kappa shape index (κ2) is 14.8. The third-order valence-electron chi connectivity index (χ3n) is 6.92. The number of ether oxygens (including phenoxy) is 4. The summed E-state index contributed by atoms with van der Waals surface area (Å²) in [5.41, 5.74) is 3.76. The minimum Gasteiger partial charge on any atom is -0.493 e. The fraction of sp³-hybridized carbons (Fsp3) is 0.333. The van der Waals surface area contributed by atoms with E-state index in [1.165, 1.54) is 0 Å². The minimum atomic E-state index is -0.125. The third-order valence-corrected chi connectivity index (χ3v) is 6.92. The molecule has 1 aromatic heterocycles. The van der Waals surface area contributed by atoms with E-state index in [2.05, 4.69) is 22.5 Å². The van der Waals surface area contributed by atoms with Gasteiger partial charge in [-0.25, -0.2) is 4.98 Å². The molecule has 0 saturated heterocycles. The third kappa shape index (κ3) is 7.60. The molecular weight excluding hydrogens is 518 g/mol.